The van der Waals surface area contributed by atoms with Gasteiger partial charge in [-0.1, -0.05) is 114 Å². The molecule has 0 radical (unpaired) electrons. The first kappa shape index (κ1) is 27.7. The van der Waals surface area contributed by atoms with Crippen molar-refractivity contribution in [2.45, 2.75) is 110 Å². The van der Waals surface area contributed by atoms with Gasteiger partial charge in [-0.25, -0.2) is 0 Å². The van der Waals surface area contributed by atoms with Crippen LogP contribution in [-0.4, -0.2) is 24.6 Å². The summed E-state index contributed by atoms with van der Waals surface area (Å²) in [5, 5.41) is 0. The van der Waals surface area contributed by atoms with Crippen LogP contribution in [0.15, 0.2) is 30.3 Å². The molecule has 0 aliphatic heterocycles. The van der Waals surface area contributed by atoms with Crippen LogP contribution >= 0.6 is 0 Å². The molecule has 0 amide bonds. The minimum absolute atomic E-state index is 0. The summed E-state index contributed by atoms with van der Waals surface area (Å²) in [5.74, 6) is 0. The third kappa shape index (κ3) is 14.6. The van der Waals surface area contributed by atoms with Gasteiger partial charge in [-0.2, -0.15) is 0 Å². The molecule has 1 unspecified atom stereocenters. The van der Waals surface area contributed by atoms with Crippen molar-refractivity contribution < 1.29 is 21.5 Å². The maximum atomic E-state index is 2.43. The Morgan fingerprint density at radius 3 is 1.46 bits per heavy atom. The van der Waals surface area contributed by atoms with Crippen molar-refractivity contribution in [3.05, 3.63) is 35.9 Å². The second-order valence-electron chi connectivity index (χ2n) is 8.90. The third-order valence-corrected chi connectivity index (χ3v) is 6.22. The fourth-order valence-corrected chi connectivity index (χ4v) is 4.06. The largest absolute Gasteiger partial charge is 1.00 e. The second kappa shape index (κ2) is 18.7. The Bertz CT molecular complexity index is 433. The van der Waals surface area contributed by atoms with E-state index in [1.165, 1.54) is 120 Å². The predicted molar refractivity (Wildman–Crippen MR) is 122 cm³/mol. The highest BCUT2D eigenvalue weighted by Crippen LogP contribution is 2.16. The van der Waals surface area contributed by atoms with Crippen LogP contribution in [0, 0.1) is 0 Å². The number of unbranched alkanes of at least 4 members (excludes halogenated alkanes) is 13. The van der Waals surface area contributed by atoms with Crippen LogP contribution < -0.4 is 17.0 Å². The number of hydrogen-bond acceptors (Lipinski definition) is 0. The Hall–Kier alpha value is -0.340. The molecule has 0 aliphatic rings. The molecule has 0 aromatic heterocycles. The summed E-state index contributed by atoms with van der Waals surface area (Å²) in [7, 11) is 2.43. The molecule has 1 aromatic carbocycles. The number of halogens is 1. The van der Waals surface area contributed by atoms with E-state index < -0.39 is 0 Å². The molecule has 0 fully saturated rings. The zero-order valence-electron chi connectivity index (χ0n) is 19.2. The van der Waals surface area contributed by atoms with Gasteiger partial charge in [0, 0.05) is 5.56 Å². The van der Waals surface area contributed by atoms with E-state index >= 15 is 0 Å². The van der Waals surface area contributed by atoms with E-state index in [0.29, 0.717) is 0 Å². The van der Waals surface area contributed by atoms with E-state index in [4.69, 9.17) is 0 Å². The van der Waals surface area contributed by atoms with Gasteiger partial charge in [-0.05, 0) is 19.8 Å². The molecule has 0 saturated carbocycles. The Kier molecular flexibility index (Phi) is 18.4. The number of benzene rings is 1. The van der Waals surface area contributed by atoms with Crippen LogP contribution in [0.25, 0.3) is 0 Å². The van der Waals surface area contributed by atoms with Gasteiger partial charge in [0.1, 0.15) is 6.54 Å². The molecule has 0 spiro atoms. The van der Waals surface area contributed by atoms with Gasteiger partial charge in [-0.3, -0.25) is 0 Å². The Morgan fingerprint density at radius 1 is 0.607 bits per heavy atom. The maximum absolute atomic E-state index is 2.43. The van der Waals surface area contributed by atoms with Crippen molar-refractivity contribution in [2.24, 2.45) is 0 Å². The highest BCUT2D eigenvalue weighted by molar-refractivity contribution is 5.13. The quantitative estimate of drug-likeness (QED) is 0.213. The summed E-state index contributed by atoms with van der Waals surface area (Å²) in [5.41, 5.74) is 1.48. The maximum Gasteiger partial charge on any atom is 0.104 e. The monoisotopic (exact) mass is 453 g/mol. The highest BCUT2D eigenvalue weighted by atomic mass is 79.9. The average Bonchev–Trinajstić information content (AvgIpc) is 2.69. The number of rotatable bonds is 18. The van der Waals surface area contributed by atoms with Crippen molar-refractivity contribution in [2.75, 3.05) is 20.1 Å². The van der Waals surface area contributed by atoms with Gasteiger partial charge in [0.05, 0.1) is 20.1 Å². The Balaban J connectivity index is 0.00000729. The fourth-order valence-electron chi connectivity index (χ4n) is 4.06. The van der Waals surface area contributed by atoms with Crippen LogP contribution in [0.5, 0.6) is 0 Å². The lowest BCUT2D eigenvalue weighted by Crippen LogP contribution is -3.00. The van der Waals surface area contributed by atoms with E-state index in [0.717, 1.165) is 0 Å². The molecule has 1 rings (SSSR count). The standard InChI is InChI=1S/C26H48N.BrH/c1-4-6-7-8-9-10-11-12-13-14-15-16-17-21-24-27(3,5-2)25-26-22-19-18-20-23-26;/h18-20,22-23H,4-17,21,24-25H2,1-3H3;1H/q+1;/p-1. The molecular weight excluding hydrogens is 406 g/mol. The van der Waals surface area contributed by atoms with Gasteiger partial charge in [0.25, 0.3) is 0 Å². The molecule has 0 N–H and O–H groups in total. The second-order valence-corrected chi connectivity index (χ2v) is 8.90. The summed E-state index contributed by atoms with van der Waals surface area (Å²) < 4.78 is 1.18. The van der Waals surface area contributed by atoms with Gasteiger partial charge in [0.2, 0.25) is 0 Å². The van der Waals surface area contributed by atoms with Gasteiger partial charge in [-0.15, -0.1) is 0 Å². The van der Waals surface area contributed by atoms with Crippen molar-refractivity contribution in [3.8, 4) is 0 Å². The predicted octanol–water partition coefficient (Wildman–Crippen LogP) is 5.14. The van der Waals surface area contributed by atoms with E-state index in [1.54, 1.807) is 0 Å². The van der Waals surface area contributed by atoms with Crippen LogP contribution in [0.2, 0.25) is 0 Å². The lowest BCUT2D eigenvalue weighted by atomic mass is 10.0. The van der Waals surface area contributed by atoms with Gasteiger partial charge in [0.15, 0.2) is 0 Å². The summed E-state index contributed by atoms with van der Waals surface area (Å²) in [6.45, 7) is 8.37. The summed E-state index contributed by atoms with van der Waals surface area (Å²) in [4.78, 5) is 0. The Labute approximate surface area is 187 Å². The van der Waals surface area contributed by atoms with Crippen LogP contribution in [0.1, 0.15) is 109 Å². The number of hydrogen-bond donors (Lipinski definition) is 0. The van der Waals surface area contributed by atoms with E-state index in [2.05, 4.69) is 51.2 Å². The first-order chi connectivity index (χ1) is 13.2. The fraction of sp³-hybridized carbons (Fsp3) is 0.769. The van der Waals surface area contributed by atoms with Crippen molar-refractivity contribution in [3.63, 3.8) is 0 Å². The number of nitrogens with zero attached hydrogens (tertiary/aromatic N) is 1. The molecule has 0 aliphatic carbocycles. The zero-order valence-corrected chi connectivity index (χ0v) is 20.8. The van der Waals surface area contributed by atoms with Crippen LogP contribution in [0.3, 0.4) is 0 Å². The molecule has 0 bridgehead atoms. The van der Waals surface area contributed by atoms with Crippen molar-refractivity contribution >= 4 is 0 Å². The highest BCUT2D eigenvalue weighted by Gasteiger charge is 2.18. The van der Waals surface area contributed by atoms with Gasteiger partial charge >= 0.3 is 0 Å². The molecule has 1 nitrogen and oxygen atoms in total. The summed E-state index contributed by atoms with van der Waals surface area (Å²) >= 11 is 0. The molecule has 164 valence electrons. The molecule has 1 atom stereocenters. The lowest BCUT2D eigenvalue weighted by Gasteiger charge is -2.33. The third-order valence-electron chi connectivity index (χ3n) is 6.22. The molecule has 1 aromatic rings. The smallest absolute Gasteiger partial charge is 0.104 e. The van der Waals surface area contributed by atoms with Gasteiger partial charge < -0.3 is 21.5 Å². The average molecular weight is 455 g/mol. The zero-order chi connectivity index (χ0) is 19.6. The summed E-state index contributed by atoms with van der Waals surface area (Å²) in [6.07, 6.45) is 20.2. The molecule has 0 heterocycles. The lowest BCUT2D eigenvalue weighted by molar-refractivity contribution is -0.921. The topological polar surface area (TPSA) is 0 Å². The van der Waals surface area contributed by atoms with Crippen molar-refractivity contribution in [1.29, 1.82) is 0 Å². The van der Waals surface area contributed by atoms with E-state index in [1.807, 2.05) is 0 Å². The van der Waals surface area contributed by atoms with E-state index in [9.17, 15) is 0 Å². The Morgan fingerprint density at radius 2 is 1.04 bits per heavy atom. The first-order valence-corrected chi connectivity index (χ1v) is 12.1. The SMILES string of the molecule is CCCCCCCCCCCCCCCC[N+](C)(CC)Cc1ccccc1.[Br-]. The number of quaternary nitrogens is 1. The summed E-state index contributed by atoms with van der Waals surface area (Å²) in [6, 6.07) is 11.0. The molecule has 28 heavy (non-hydrogen) atoms. The molecule has 2 heteroatoms. The minimum atomic E-state index is 0. The van der Waals surface area contributed by atoms with Crippen LogP contribution in [0.4, 0.5) is 0 Å². The first-order valence-electron chi connectivity index (χ1n) is 12.1. The van der Waals surface area contributed by atoms with Crippen LogP contribution in [-0.2, 0) is 6.54 Å². The molecular formula is C26H48BrN. The van der Waals surface area contributed by atoms with Crippen molar-refractivity contribution in [1.82, 2.24) is 0 Å². The minimum Gasteiger partial charge on any atom is -1.00 e. The normalized spacial score (nSPS) is 13.1. The molecule has 0 saturated heterocycles. The van der Waals surface area contributed by atoms with E-state index in [-0.39, 0.29) is 17.0 Å².